The Balaban J connectivity index is 2.10. The monoisotopic (exact) mass is 280 g/mol. The molecule has 0 saturated carbocycles. The van der Waals surface area contributed by atoms with E-state index in [1.165, 1.54) is 0 Å². The normalized spacial score (nSPS) is 17.4. The van der Waals surface area contributed by atoms with Crippen molar-refractivity contribution in [3.05, 3.63) is 11.5 Å². The predicted octanol–water partition coefficient (Wildman–Crippen LogP) is 1.29. The smallest absolute Gasteiger partial charge is 0.360 e. The highest BCUT2D eigenvalue weighted by molar-refractivity contribution is 5.92. The number of imidazole rings is 1. The van der Waals surface area contributed by atoms with Crippen LogP contribution in [0.1, 0.15) is 36.1 Å². The van der Waals surface area contributed by atoms with Crippen molar-refractivity contribution in [2.45, 2.75) is 33.2 Å². The van der Waals surface area contributed by atoms with E-state index < -0.39 is 5.97 Å². The topological polar surface area (TPSA) is 73.4 Å². The molecule has 0 unspecified atom stereocenters. The fraction of sp³-hybridized carbons (Fsp3) is 0.714. The lowest BCUT2D eigenvalue weighted by molar-refractivity contribution is 0.0521. The van der Waals surface area contributed by atoms with E-state index in [1.807, 2.05) is 11.5 Å². The SMILES string of the molecule is CCOC(=O)c1nc(C)n(CC2CCN(C)CC2)c1N. The van der Waals surface area contributed by atoms with Crippen molar-refractivity contribution in [3.8, 4) is 0 Å². The molecular weight excluding hydrogens is 256 g/mol. The average molecular weight is 280 g/mol. The number of ether oxygens (including phenoxy) is 1. The van der Waals surface area contributed by atoms with Crippen LogP contribution in [0.3, 0.4) is 0 Å². The number of hydrogen-bond donors (Lipinski definition) is 1. The second-order valence-corrected chi connectivity index (χ2v) is 5.47. The van der Waals surface area contributed by atoms with Crippen LogP contribution < -0.4 is 5.73 Å². The maximum atomic E-state index is 11.8. The van der Waals surface area contributed by atoms with Crippen LogP contribution in [0.4, 0.5) is 5.82 Å². The molecule has 0 atom stereocenters. The van der Waals surface area contributed by atoms with Crippen LogP contribution in [0, 0.1) is 12.8 Å². The van der Waals surface area contributed by atoms with Gasteiger partial charge in [-0.2, -0.15) is 0 Å². The highest BCUT2D eigenvalue weighted by Gasteiger charge is 2.23. The zero-order valence-electron chi connectivity index (χ0n) is 12.6. The van der Waals surface area contributed by atoms with E-state index in [1.54, 1.807) is 6.92 Å². The quantitative estimate of drug-likeness (QED) is 0.841. The number of aryl methyl sites for hydroxylation is 1. The molecule has 6 heteroatoms. The summed E-state index contributed by atoms with van der Waals surface area (Å²) in [6, 6.07) is 0. The van der Waals surface area contributed by atoms with Gasteiger partial charge in [0.2, 0.25) is 0 Å². The van der Waals surface area contributed by atoms with E-state index in [2.05, 4.69) is 16.9 Å². The molecule has 2 heterocycles. The van der Waals surface area contributed by atoms with Gasteiger partial charge in [-0.3, -0.25) is 0 Å². The number of nitrogens with zero attached hydrogens (tertiary/aromatic N) is 3. The number of likely N-dealkylation sites (tertiary alicyclic amines) is 1. The number of aromatic nitrogens is 2. The lowest BCUT2D eigenvalue weighted by Crippen LogP contribution is -2.32. The summed E-state index contributed by atoms with van der Waals surface area (Å²) >= 11 is 0. The number of rotatable bonds is 4. The molecule has 2 N–H and O–H groups in total. The number of carbonyl (C=O) groups excluding carboxylic acids is 1. The Bertz CT molecular complexity index is 476. The molecule has 20 heavy (non-hydrogen) atoms. The Morgan fingerprint density at radius 3 is 2.70 bits per heavy atom. The molecule has 1 aliphatic heterocycles. The van der Waals surface area contributed by atoms with Crippen LogP contribution >= 0.6 is 0 Å². The van der Waals surface area contributed by atoms with Gasteiger partial charge in [-0.25, -0.2) is 9.78 Å². The van der Waals surface area contributed by atoms with Crippen molar-refractivity contribution in [2.24, 2.45) is 5.92 Å². The van der Waals surface area contributed by atoms with Crippen LogP contribution in [0.15, 0.2) is 0 Å². The maximum absolute atomic E-state index is 11.8. The summed E-state index contributed by atoms with van der Waals surface area (Å²) in [6.45, 7) is 7.05. The van der Waals surface area contributed by atoms with Gasteiger partial charge in [0.05, 0.1) is 6.61 Å². The number of nitrogens with two attached hydrogens (primary N) is 1. The molecule has 1 fully saturated rings. The summed E-state index contributed by atoms with van der Waals surface area (Å²) < 4.78 is 6.93. The molecule has 0 spiro atoms. The van der Waals surface area contributed by atoms with Crippen molar-refractivity contribution in [3.63, 3.8) is 0 Å². The number of carbonyl (C=O) groups is 1. The standard InChI is InChI=1S/C14H24N4O2/c1-4-20-14(19)12-13(15)18(10(2)16-12)9-11-5-7-17(3)8-6-11/h11H,4-9,15H2,1-3H3. The van der Waals surface area contributed by atoms with E-state index in [0.29, 0.717) is 18.3 Å². The molecule has 6 nitrogen and oxygen atoms in total. The summed E-state index contributed by atoms with van der Waals surface area (Å²) in [4.78, 5) is 18.4. The number of nitrogen functional groups attached to an aromatic ring is 1. The van der Waals surface area contributed by atoms with E-state index in [0.717, 1.165) is 38.3 Å². The lowest BCUT2D eigenvalue weighted by atomic mass is 9.97. The molecule has 1 aromatic rings. The highest BCUT2D eigenvalue weighted by Crippen LogP contribution is 2.22. The third-order valence-electron chi connectivity index (χ3n) is 3.95. The highest BCUT2D eigenvalue weighted by atomic mass is 16.5. The largest absolute Gasteiger partial charge is 0.461 e. The average Bonchev–Trinajstić information content (AvgIpc) is 2.69. The first kappa shape index (κ1) is 14.8. The van der Waals surface area contributed by atoms with Gasteiger partial charge in [-0.15, -0.1) is 0 Å². The lowest BCUT2D eigenvalue weighted by Gasteiger charge is -2.29. The molecule has 1 aliphatic rings. The van der Waals surface area contributed by atoms with E-state index in [4.69, 9.17) is 10.5 Å². The van der Waals surface area contributed by atoms with Gasteiger partial charge in [-0.05, 0) is 52.7 Å². The summed E-state index contributed by atoms with van der Waals surface area (Å²) in [7, 11) is 2.14. The summed E-state index contributed by atoms with van der Waals surface area (Å²) in [5.74, 6) is 1.37. The van der Waals surface area contributed by atoms with Crippen LogP contribution in [0.5, 0.6) is 0 Å². The Kier molecular flexibility index (Phi) is 4.65. The van der Waals surface area contributed by atoms with Crippen LogP contribution in [-0.4, -0.2) is 47.2 Å². The van der Waals surface area contributed by atoms with Crippen LogP contribution in [-0.2, 0) is 11.3 Å². The molecular formula is C14H24N4O2. The van der Waals surface area contributed by atoms with Gasteiger partial charge in [-0.1, -0.05) is 0 Å². The van der Waals surface area contributed by atoms with Crippen molar-refractivity contribution in [2.75, 3.05) is 32.5 Å². The summed E-state index contributed by atoms with van der Waals surface area (Å²) in [6.07, 6.45) is 2.31. The summed E-state index contributed by atoms with van der Waals surface area (Å²) in [5.41, 5.74) is 6.32. The molecule has 0 bridgehead atoms. The Labute approximate surface area is 119 Å². The predicted molar refractivity (Wildman–Crippen MR) is 77.6 cm³/mol. The van der Waals surface area contributed by atoms with Crippen molar-refractivity contribution < 1.29 is 9.53 Å². The Hall–Kier alpha value is -1.56. The van der Waals surface area contributed by atoms with Crippen molar-refractivity contribution in [1.29, 1.82) is 0 Å². The first-order valence-electron chi connectivity index (χ1n) is 7.21. The fourth-order valence-corrected chi connectivity index (χ4v) is 2.66. The van der Waals surface area contributed by atoms with Gasteiger partial charge in [0, 0.05) is 6.54 Å². The first-order chi connectivity index (χ1) is 9.52. The van der Waals surface area contributed by atoms with E-state index >= 15 is 0 Å². The third-order valence-corrected chi connectivity index (χ3v) is 3.95. The third kappa shape index (κ3) is 3.12. The van der Waals surface area contributed by atoms with Gasteiger partial charge < -0.3 is 19.9 Å². The summed E-state index contributed by atoms with van der Waals surface area (Å²) in [5, 5.41) is 0. The van der Waals surface area contributed by atoms with Crippen molar-refractivity contribution >= 4 is 11.8 Å². The second kappa shape index (κ2) is 6.26. The minimum Gasteiger partial charge on any atom is -0.461 e. The number of esters is 1. The molecule has 112 valence electrons. The van der Waals surface area contributed by atoms with Gasteiger partial charge in [0.1, 0.15) is 11.6 Å². The minimum absolute atomic E-state index is 0.247. The fourth-order valence-electron chi connectivity index (χ4n) is 2.66. The zero-order valence-corrected chi connectivity index (χ0v) is 12.6. The number of hydrogen-bond acceptors (Lipinski definition) is 5. The van der Waals surface area contributed by atoms with Gasteiger partial charge >= 0.3 is 5.97 Å². The minimum atomic E-state index is -0.435. The van der Waals surface area contributed by atoms with E-state index in [-0.39, 0.29) is 5.69 Å². The van der Waals surface area contributed by atoms with Gasteiger partial charge in [0.15, 0.2) is 5.69 Å². The van der Waals surface area contributed by atoms with Crippen LogP contribution in [0.25, 0.3) is 0 Å². The molecule has 2 rings (SSSR count). The second-order valence-electron chi connectivity index (χ2n) is 5.47. The molecule has 0 amide bonds. The van der Waals surface area contributed by atoms with E-state index in [9.17, 15) is 4.79 Å². The Morgan fingerprint density at radius 2 is 2.10 bits per heavy atom. The first-order valence-corrected chi connectivity index (χ1v) is 7.21. The molecule has 0 radical (unpaired) electrons. The number of anilines is 1. The molecule has 0 aromatic carbocycles. The van der Waals surface area contributed by atoms with Crippen molar-refractivity contribution in [1.82, 2.24) is 14.5 Å². The zero-order chi connectivity index (χ0) is 14.7. The number of piperidine rings is 1. The molecule has 1 saturated heterocycles. The van der Waals surface area contributed by atoms with Gasteiger partial charge in [0.25, 0.3) is 0 Å². The maximum Gasteiger partial charge on any atom is 0.360 e. The van der Waals surface area contributed by atoms with Crippen LogP contribution in [0.2, 0.25) is 0 Å². The molecule has 0 aliphatic carbocycles. The Morgan fingerprint density at radius 1 is 1.45 bits per heavy atom. The molecule has 1 aromatic heterocycles.